The number of aromatic nitrogens is 3. The molecule has 126 valence electrons. The van der Waals surface area contributed by atoms with Crippen LogP contribution >= 0.6 is 11.6 Å². The summed E-state index contributed by atoms with van der Waals surface area (Å²) in [5, 5.41) is 8.00. The van der Waals surface area contributed by atoms with Gasteiger partial charge < -0.3 is 5.32 Å². The van der Waals surface area contributed by atoms with Crippen molar-refractivity contribution in [3.05, 3.63) is 77.2 Å². The lowest BCUT2D eigenvalue weighted by Crippen LogP contribution is -2.28. The highest BCUT2D eigenvalue weighted by atomic mass is 35.5. The molecule has 25 heavy (non-hydrogen) atoms. The molecule has 3 aromatic rings. The van der Waals surface area contributed by atoms with Crippen molar-refractivity contribution < 1.29 is 4.79 Å². The van der Waals surface area contributed by atoms with E-state index in [1.54, 1.807) is 16.9 Å². The number of rotatable bonds is 5. The van der Waals surface area contributed by atoms with Crippen LogP contribution in [0.2, 0.25) is 5.02 Å². The van der Waals surface area contributed by atoms with Crippen molar-refractivity contribution in [2.24, 2.45) is 0 Å². The van der Waals surface area contributed by atoms with Gasteiger partial charge in [-0.3, -0.25) is 14.5 Å². The minimum atomic E-state index is -0.477. The largest absolute Gasteiger partial charge is 0.308 e. The van der Waals surface area contributed by atoms with Crippen molar-refractivity contribution in [3.63, 3.8) is 0 Å². The van der Waals surface area contributed by atoms with Crippen LogP contribution in [0.5, 0.6) is 0 Å². The molecule has 1 aliphatic rings. The molecule has 2 aromatic heterocycles. The maximum absolute atomic E-state index is 12.8. The predicted octanol–water partition coefficient (Wildman–Crippen LogP) is 3.65. The standard InChI is InChI=1S/C19H17ClN4O/c20-15-5-3-4-14(12-15)19(8-9-19)18(25)22-17-7-11-24(23-17)13-16-6-1-2-10-21-16/h1-7,10-12H,8-9,13H2,(H,22,23,25). The fraction of sp³-hybridized carbons (Fsp3) is 0.211. The van der Waals surface area contributed by atoms with Gasteiger partial charge in [0, 0.05) is 23.5 Å². The fourth-order valence-corrected chi connectivity index (χ4v) is 3.16. The molecule has 0 bridgehead atoms. The van der Waals surface area contributed by atoms with E-state index in [9.17, 15) is 4.79 Å². The van der Waals surface area contributed by atoms with E-state index in [1.165, 1.54) is 0 Å². The summed E-state index contributed by atoms with van der Waals surface area (Å²) in [7, 11) is 0. The SMILES string of the molecule is O=C(Nc1ccn(Cc2ccccn2)n1)C1(c2cccc(Cl)c2)CC1. The molecule has 0 unspecified atom stereocenters. The van der Waals surface area contributed by atoms with Gasteiger partial charge in [0.25, 0.3) is 0 Å². The third-order valence-corrected chi connectivity index (χ3v) is 4.73. The van der Waals surface area contributed by atoms with Gasteiger partial charge in [-0.15, -0.1) is 0 Å². The topological polar surface area (TPSA) is 59.8 Å². The summed E-state index contributed by atoms with van der Waals surface area (Å²) in [4.78, 5) is 17.0. The summed E-state index contributed by atoms with van der Waals surface area (Å²) in [5.41, 5.74) is 1.40. The molecule has 5 nitrogen and oxygen atoms in total. The molecule has 0 aliphatic heterocycles. The van der Waals surface area contributed by atoms with Crippen LogP contribution in [0.15, 0.2) is 60.9 Å². The van der Waals surface area contributed by atoms with E-state index in [0.717, 1.165) is 24.1 Å². The van der Waals surface area contributed by atoms with Crippen LogP contribution in [0, 0.1) is 0 Å². The second-order valence-electron chi connectivity index (χ2n) is 6.27. The van der Waals surface area contributed by atoms with Gasteiger partial charge in [-0.2, -0.15) is 5.10 Å². The minimum Gasteiger partial charge on any atom is -0.308 e. The number of carbonyl (C=O) groups is 1. The van der Waals surface area contributed by atoms with Crippen molar-refractivity contribution in [1.82, 2.24) is 14.8 Å². The molecule has 1 aromatic carbocycles. The Bertz CT molecular complexity index is 903. The molecule has 0 saturated heterocycles. The number of amides is 1. The number of benzene rings is 1. The third-order valence-electron chi connectivity index (χ3n) is 4.49. The molecule has 0 radical (unpaired) electrons. The van der Waals surface area contributed by atoms with E-state index in [2.05, 4.69) is 15.4 Å². The molecule has 1 aliphatic carbocycles. The summed E-state index contributed by atoms with van der Waals surface area (Å²) in [6.45, 7) is 0.566. The van der Waals surface area contributed by atoms with E-state index in [0.29, 0.717) is 17.4 Å². The molecule has 1 amide bonds. The quantitative estimate of drug-likeness (QED) is 0.762. The van der Waals surface area contributed by atoms with Crippen molar-refractivity contribution in [2.45, 2.75) is 24.8 Å². The van der Waals surface area contributed by atoms with Gasteiger partial charge in [0.2, 0.25) is 5.91 Å². The van der Waals surface area contributed by atoms with Crippen LogP contribution in [-0.4, -0.2) is 20.7 Å². The van der Waals surface area contributed by atoms with Crippen LogP contribution in [-0.2, 0) is 16.8 Å². The van der Waals surface area contributed by atoms with Gasteiger partial charge in [0.1, 0.15) is 0 Å². The third kappa shape index (κ3) is 3.28. The Morgan fingerprint density at radius 3 is 2.80 bits per heavy atom. The summed E-state index contributed by atoms with van der Waals surface area (Å²) < 4.78 is 1.76. The van der Waals surface area contributed by atoms with Gasteiger partial charge in [0.15, 0.2) is 5.82 Å². The zero-order valence-electron chi connectivity index (χ0n) is 13.5. The number of hydrogen-bond donors (Lipinski definition) is 1. The van der Waals surface area contributed by atoms with E-state index >= 15 is 0 Å². The number of pyridine rings is 1. The maximum Gasteiger partial charge on any atom is 0.236 e. The lowest BCUT2D eigenvalue weighted by molar-refractivity contribution is -0.118. The number of anilines is 1. The van der Waals surface area contributed by atoms with E-state index in [4.69, 9.17) is 11.6 Å². The first-order valence-electron chi connectivity index (χ1n) is 8.17. The molecular formula is C19H17ClN4O. The average Bonchev–Trinajstić information content (AvgIpc) is 3.33. The Kier molecular flexibility index (Phi) is 4.01. The number of halogens is 1. The molecule has 6 heteroatoms. The van der Waals surface area contributed by atoms with Gasteiger partial charge >= 0.3 is 0 Å². The highest BCUT2D eigenvalue weighted by Crippen LogP contribution is 2.49. The van der Waals surface area contributed by atoms with Crippen molar-refractivity contribution in [2.75, 3.05) is 5.32 Å². The van der Waals surface area contributed by atoms with Crippen LogP contribution < -0.4 is 5.32 Å². The fourth-order valence-electron chi connectivity index (χ4n) is 2.97. The van der Waals surface area contributed by atoms with Gasteiger partial charge in [-0.25, -0.2) is 0 Å². The molecule has 2 heterocycles. The van der Waals surface area contributed by atoms with E-state index < -0.39 is 5.41 Å². The Morgan fingerprint density at radius 2 is 2.08 bits per heavy atom. The molecule has 0 atom stereocenters. The number of hydrogen-bond acceptors (Lipinski definition) is 3. The number of carbonyl (C=O) groups excluding carboxylic acids is 1. The zero-order valence-corrected chi connectivity index (χ0v) is 14.3. The van der Waals surface area contributed by atoms with Crippen LogP contribution in [0.3, 0.4) is 0 Å². The summed E-state index contributed by atoms with van der Waals surface area (Å²) >= 11 is 6.07. The van der Waals surface area contributed by atoms with Gasteiger partial charge in [-0.1, -0.05) is 29.8 Å². The predicted molar refractivity (Wildman–Crippen MR) is 96.6 cm³/mol. The molecule has 4 rings (SSSR count). The van der Waals surface area contributed by atoms with E-state index in [-0.39, 0.29) is 5.91 Å². The zero-order chi connectivity index (χ0) is 17.3. The monoisotopic (exact) mass is 352 g/mol. The first-order chi connectivity index (χ1) is 12.2. The van der Waals surface area contributed by atoms with Crippen LogP contribution in [0.4, 0.5) is 5.82 Å². The number of nitrogens with zero attached hydrogens (tertiary/aromatic N) is 3. The maximum atomic E-state index is 12.8. The van der Waals surface area contributed by atoms with Gasteiger partial charge in [-0.05, 0) is 42.7 Å². The second-order valence-corrected chi connectivity index (χ2v) is 6.70. The van der Waals surface area contributed by atoms with Crippen molar-refractivity contribution >= 4 is 23.3 Å². The molecule has 1 N–H and O–H groups in total. The summed E-state index contributed by atoms with van der Waals surface area (Å²) in [6.07, 6.45) is 5.24. The smallest absolute Gasteiger partial charge is 0.236 e. The van der Waals surface area contributed by atoms with Crippen LogP contribution in [0.1, 0.15) is 24.1 Å². The Labute approximate surface area is 150 Å². The number of nitrogens with one attached hydrogen (secondary N) is 1. The second kappa shape index (κ2) is 6.33. The Morgan fingerprint density at radius 1 is 1.20 bits per heavy atom. The molecule has 0 spiro atoms. The van der Waals surface area contributed by atoms with Crippen molar-refractivity contribution in [3.8, 4) is 0 Å². The Hall–Kier alpha value is -2.66. The summed E-state index contributed by atoms with van der Waals surface area (Å²) in [5.74, 6) is 0.520. The molecule has 1 saturated carbocycles. The lowest BCUT2D eigenvalue weighted by atomic mass is 9.95. The average molecular weight is 353 g/mol. The summed E-state index contributed by atoms with van der Waals surface area (Å²) in [6, 6.07) is 15.1. The first-order valence-corrected chi connectivity index (χ1v) is 8.54. The van der Waals surface area contributed by atoms with Crippen LogP contribution in [0.25, 0.3) is 0 Å². The van der Waals surface area contributed by atoms with E-state index in [1.807, 2.05) is 48.7 Å². The molecule has 1 fully saturated rings. The minimum absolute atomic E-state index is 0.0298. The highest BCUT2D eigenvalue weighted by molar-refractivity contribution is 6.30. The normalized spacial score (nSPS) is 14.9. The highest BCUT2D eigenvalue weighted by Gasteiger charge is 2.51. The Balaban J connectivity index is 1.47. The van der Waals surface area contributed by atoms with Gasteiger partial charge in [0.05, 0.1) is 17.7 Å². The molecular weight excluding hydrogens is 336 g/mol. The first kappa shape index (κ1) is 15.8. The lowest BCUT2D eigenvalue weighted by Gasteiger charge is -2.15. The van der Waals surface area contributed by atoms with Crippen molar-refractivity contribution in [1.29, 1.82) is 0 Å².